The van der Waals surface area contributed by atoms with Gasteiger partial charge in [-0.05, 0) is 60.2 Å². The Hall–Kier alpha value is -3.60. The van der Waals surface area contributed by atoms with Crippen molar-refractivity contribution >= 4 is 33.9 Å². The molecule has 1 aromatic heterocycles. The van der Waals surface area contributed by atoms with Crippen molar-refractivity contribution in [3.05, 3.63) is 90.4 Å². The Labute approximate surface area is 156 Å². The van der Waals surface area contributed by atoms with Crippen molar-refractivity contribution in [3.8, 4) is 0 Å². The lowest BCUT2D eigenvalue weighted by atomic mass is 10.1. The standard InChI is InChI=1S/C22H18FN3O/c23-16-5-7-17(8-6-16)25-18-9-11-19(12-10-18)26-22(27)13-15-14-24-21-4-2-1-3-20(15)21/h1-12,14,24-25H,13H2,(H,26,27). The summed E-state index contributed by atoms with van der Waals surface area (Å²) in [7, 11) is 0. The molecule has 4 aromatic rings. The summed E-state index contributed by atoms with van der Waals surface area (Å²) in [6, 6.07) is 21.5. The van der Waals surface area contributed by atoms with E-state index in [9.17, 15) is 9.18 Å². The Morgan fingerprint density at radius 1 is 0.852 bits per heavy atom. The van der Waals surface area contributed by atoms with E-state index in [-0.39, 0.29) is 11.7 Å². The summed E-state index contributed by atoms with van der Waals surface area (Å²) in [5.41, 5.74) is 4.38. The summed E-state index contributed by atoms with van der Waals surface area (Å²) in [5, 5.41) is 7.16. The average molecular weight is 359 g/mol. The van der Waals surface area contributed by atoms with Gasteiger partial charge in [0.25, 0.3) is 0 Å². The number of anilines is 3. The molecule has 3 aromatic carbocycles. The highest BCUT2D eigenvalue weighted by molar-refractivity contribution is 5.95. The van der Waals surface area contributed by atoms with Gasteiger partial charge in [0.15, 0.2) is 0 Å². The monoisotopic (exact) mass is 359 g/mol. The molecule has 27 heavy (non-hydrogen) atoms. The number of benzene rings is 3. The number of halogens is 1. The van der Waals surface area contributed by atoms with Crippen LogP contribution in [0.2, 0.25) is 0 Å². The molecule has 0 saturated carbocycles. The average Bonchev–Trinajstić information content (AvgIpc) is 3.08. The number of hydrogen-bond donors (Lipinski definition) is 3. The number of aromatic amines is 1. The van der Waals surface area contributed by atoms with Crippen molar-refractivity contribution in [2.75, 3.05) is 10.6 Å². The van der Waals surface area contributed by atoms with E-state index < -0.39 is 0 Å². The first-order valence-corrected chi connectivity index (χ1v) is 8.65. The number of fused-ring (bicyclic) bond motifs is 1. The molecule has 0 radical (unpaired) electrons. The molecule has 4 rings (SSSR count). The predicted octanol–water partition coefficient (Wildman–Crippen LogP) is 5.23. The molecule has 4 nitrogen and oxygen atoms in total. The highest BCUT2D eigenvalue weighted by atomic mass is 19.1. The second-order valence-electron chi connectivity index (χ2n) is 6.29. The summed E-state index contributed by atoms with van der Waals surface area (Å²) in [5.74, 6) is -0.340. The van der Waals surface area contributed by atoms with Gasteiger partial charge in [-0.15, -0.1) is 0 Å². The zero-order valence-corrected chi connectivity index (χ0v) is 14.5. The molecule has 0 aliphatic heterocycles. The van der Waals surface area contributed by atoms with E-state index in [2.05, 4.69) is 15.6 Å². The molecule has 1 heterocycles. The van der Waals surface area contributed by atoms with Crippen molar-refractivity contribution < 1.29 is 9.18 Å². The minimum Gasteiger partial charge on any atom is -0.361 e. The molecule has 134 valence electrons. The molecule has 0 aliphatic carbocycles. The maximum absolute atomic E-state index is 13.0. The summed E-state index contributed by atoms with van der Waals surface area (Å²) >= 11 is 0. The fraction of sp³-hybridized carbons (Fsp3) is 0.0455. The first-order chi connectivity index (χ1) is 13.2. The Kier molecular flexibility index (Phi) is 4.58. The number of aromatic nitrogens is 1. The van der Waals surface area contributed by atoms with E-state index >= 15 is 0 Å². The highest BCUT2D eigenvalue weighted by Gasteiger charge is 2.09. The fourth-order valence-corrected chi connectivity index (χ4v) is 2.99. The lowest BCUT2D eigenvalue weighted by Crippen LogP contribution is -2.14. The van der Waals surface area contributed by atoms with E-state index in [0.29, 0.717) is 6.42 Å². The smallest absolute Gasteiger partial charge is 0.228 e. The number of carbonyl (C=O) groups is 1. The van der Waals surface area contributed by atoms with E-state index in [0.717, 1.165) is 33.5 Å². The van der Waals surface area contributed by atoms with E-state index in [1.54, 1.807) is 12.1 Å². The van der Waals surface area contributed by atoms with Gasteiger partial charge in [-0.25, -0.2) is 4.39 Å². The van der Waals surface area contributed by atoms with Gasteiger partial charge in [-0.2, -0.15) is 0 Å². The molecule has 0 spiro atoms. The minimum atomic E-state index is -0.270. The third-order valence-corrected chi connectivity index (χ3v) is 4.33. The Morgan fingerprint density at radius 2 is 1.48 bits per heavy atom. The fourth-order valence-electron chi connectivity index (χ4n) is 2.99. The molecule has 0 atom stereocenters. The zero-order chi connectivity index (χ0) is 18.6. The number of amides is 1. The number of nitrogens with one attached hydrogen (secondary N) is 3. The van der Waals surface area contributed by atoms with Crippen molar-refractivity contribution in [1.29, 1.82) is 0 Å². The molecule has 3 N–H and O–H groups in total. The summed E-state index contributed by atoms with van der Waals surface area (Å²) < 4.78 is 13.0. The van der Waals surface area contributed by atoms with Crippen LogP contribution in [-0.2, 0) is 11.2 Å². The lowest BCUT2D eigenvalue weighted by molar-refractivity contribution is -0.115. The van der Waals surface area contributed by atoms with Gasteiger partial charge in [0.2, 0.25) is 5.91 Å². The molecular weight excluding hydrogens is 341 g/mol. The molecule has 0 fully saturated rings. The van der Waals surface area contributed by atoms with Crippen LogP contribution >= 0.6 is 0 Å². The largest absolute Gasteiger partial charge is 0.361 e. The van der Waals surface area contributed by atoms with Crippen LogP contribution in [0.1, 0.15) is 5.56 Å². The Balaban J connectivity index is 1.39. The van der Waals surface area contributed by atoms with Crippen LogP contribution in [-0.4, -0.2) is 10.9 Å². The lowest BCUT2D eigenvalue weighted by Gasteiger charge is -2.09. The molecular formula is C22H18FN3O. The number of para-hydroxylation sites is 1. The summed E-state index contributed by atoms with van der Waals surface area (Å²) in [4.78, 5) is 15.5. The minimum absolute atomic E-state index is 0.0704. The predicted molar refractivity (Wildman–Crippen MR) is 107 cm³/mol. The normalized spacial score (nSPS) is 10.7. The third-order valence-electron chi connectivity index (χ3n) is 4.33. The number of hydrogen-bond acceptors (Lipinski definition) is 2. The van der Waals surface area contributed by atoms with Crippen LogP contribution < -0.4 is 10.6 Å². The van der Waals surface area contributed by atoms with Crippen LogP contribution in [0.5, 0.6) is 0 Å². The van der Waals surface area contributed by atoms with Gasteiger partial charge in [-0.1, -0.05) is 18.2 Å². The van der Waals surface area contributed by atoms with Gasteiger partial charge in [0, 0.05) is 34.2 Å². The van der Waals surface area contributed by atoms with E-state index in [4.69, 9.17) is 0 Å². The zero-order valence-electron chi connectivity index (χ0n) is 14.5. The Bertz CT molecular complexity index is 1070. The summed E-state index contributed by atoms with van der Waals surface area (Å²) in [6.07, 6.45) is 2.18. The molecule has 0 saturated heterocycles. The van der Waals surface area contributed by atoms with Crippen molar-refractivity contribution in [2.45, 2.75) is 6.42 Å². The van der Waals surface area contributed by atoms with Gasteiger partial charge in [0.1, 0.15) is 5.82 Å². The van der Waals surface area contributed by atoms with Gasteiger partial charge >= 0.3 is 0 Å². The SMILES string of the molecule is O=C(Cc1c[nH]c2ccccc12)Nc1ccc(Nc2ccc(F)cc2)cc1. The summed E-state index contributed by atoms with van der Waals surface area (Å²) in [6.45, 7) is 0. The molecule has 0 aliphatic rings. The quantitative estimate of drug-likeness (QED) is 0.457. The molecule has 0 unspecified atom stereocenters. The second-order valence-corrected chi connectivity index (χ2v) is 6.29. The first kappa shape index (κ1) is 16.8. The molecule has 1 amide bonds. The van der Waals surface area contributed by atoms with Crippen molar-refractivity contribution in [2.24, 2.45) is 0 Å². The van der Waals surface area contributed by atoms with E-state index in [1.807, 2.05) is 54.7 Å². The van der Waals surface area contributed by atoms with Gasteiger partial charge in [0.05, 0.1) is 6.42 Å². The number of rotatable bonds is 5. The third kappa shape index (κ3) is 3.98. The number of H-pyrrole nitrogens is 1. The molecule has 5 heteroatoms. The van der Waals surface area contributed by atoms with E-state index in [1.165, 1.54) is 12.1 Å². The van der Waals surface area contributed by atoms with Crippen molar-refractivity contribution in [3.63, 3.8) is 0 Å². The van der Waals surface area contributed by atoms with Gasteiger partial charge in [-0.3, -0.25) is 4.79 Å². The van der Waals surface area contributed by atoms with Gasteiger partial charge < -0.3 is 15.6 Å². The number of carbonyl (C=O) groups excluding carboxylic acids is 1. The van der Waals surface area contributed by atoms with Crippen LogP contribution in [0.25, 0.3) is 10.9 Å². The van der Waals surface area contributed by atoms with Crippen LogP contribution in [0.3, 0.4) is 0 Å². The van der Waals surface area contributed by atoms with Crippen LogP contribution in [0.4, 0.5) is 21.5 Å². The molecule has 0 bridgehead atoms. The maximum atomic E-state index is 13.0. The topological polar surface area (TPSA) is 56.9 Å². The second kappa shape index (κ2) is 7.33. The highest BCUT2D eigenvalue weighted by Crippen LogP contribution is 2.21. The Morgan fingerprint density at radius 3 is 2.22 bits per heavy atom. The van der Waals surface area contributed by atoms with Crippen LogP contribution in [0, 0.1) is 5.82 Å². The maximum Gasteiger partial charge on any atom is 0.228 e. The first-order valence-electron chi connectivity index (χ1n) is 8.65. The van der Waals surface area contributed by atoms with Crippen molar-refractivity contribution in [1.82, 2.24) is 4.98 Å². The van der Waals surface area contributed by atoms with Crippen LogP contribution in [0.15, 0.2) is 79.0 Å².